The van der Waals surface area contributed by atoms with Crippen molar-refractivity contribution in [2.45, 2.75) is 57.0 Å². The van der Waals surface area contributed by atoms with Crippen LogP contribution in [0.5, 0.6) is 0 Å². The summed E-state index contributed by atoms with van der Waals surface area (Å²) in [4.78, 5) is 1.33. The van der Waals surface area contributed by atoms with E-state index in [0.717, 1.165) is 30.2 Å². The quantitative estimate of drug-likeness (QED) is 0.689. The first kappa shape index (κ1) is 15.9. The molecule has 114 valence electrons. The van der Waals surface area contributed by atoms with E-state index in [-0.39, 0.29) is 6.04 Å². The van der Waals surface area contributed by atoms with Crippen LogP contribution >= 0.6 is 11.3 Å². The van der Waals surface area contributed by atoms with E-state index in [9.17, 15) is 8.42 Å². The van der Waals surface area contributed by atoms with E-state index in [0.29, 0.717) is 11.4 Å². The molecule has 4 nitrogen and oxygen atoms in total. The van der Waals surface area contributed by atoms with E-state index in [1.807, 2.05) is 12.3 Å². The third kappa shape index (κ3) is 4.55. The first-order valence-corrected chi connectivity index (χ1v) is 9.68. The van der Waals surface area contributed by atoms with Crippen LogP contribution in [0.15, 0.2) is 16.3 Å². The maximum Gasteiger partial charge on any atom is 0.241 e. The lowest BCUT2D eigenvalue weighted by atomic mass is 10.2. The molecule has 0 aromatic carbocycles. The highest BCUT2D eigenvalue weighted by molar-refractivity contribution is 7.89. The molecule has 0 bridgehead atoms. The highest BCUT2D eigenvalue weighted by Crippen LogP contribution is 2.33. The van der Waals surface area contributed by atoms with Gasteiger partial charge < -0.3 is 5.32 Å². The third-order valence-corrected chi connectivity index (χ3v) is 6.17. The molecule has 1 fully saturated rings. The normalized spacial score (nSPS) is 17.3. The Labute approximate surface area is 126 Å². The van der Waals surface area contributed by atoms with E-state index in [1.165, 1.54) is 24.2 Å². The van der Waals surface area contributed by atoms with E-state index < -0.39 is 10.0 Å². The van der Waals surface area contributed by atoms with Gasteiger partial charge in [0.05, 0.1) is 4.90 Å². The van der Waals surface area contributed by atoms with Gasteiger partial charge in [-0.05, 0) is 43.7 Å². The predicted molar refractivity (Wildman–Crippen MR) is 83.4 cm³/mol. The molecule has 0 aliphatic heterocycles. The standard InChI is InChI=1S/C14H24N2O2S2/c1-3-7-15-10-13-14(6-8-19-13)20(17,18)16-11(2)9-12-4-5-12/h6,8,11-12,15-16H,3-5,7,9-10H2,1-2H3. The fourth-order valence-corrected chi connectivity index (χ4v) is 4.98. The molecule has 1 saturated carbocycles. The van der Waals surface area contributed by atoms with Crippen LogP contribution in [0, 0.1) is 5.92 Å². The molecule has 1 aromatic rings. The van der Waals surface area contributed by atoms with Crippen molar-refractivity contribution in [1.29, 1.82) is 0 Å². The molecule has 0 radical (unpaired) electrons. The molecular weight excluding hydrogens is 292 g/mol. The zero-order valence-electron chi connectivity index (χ0n) is 12.2. The van der Waals surface area contributed by atoms with Gasteiger partial charge in [0.2, 0.25) is 10.0 Å². The summed E-state index contributed by atoms with van der Waals surface area (Å²) in [5, 5.41) is 5.11. The lowest BCUT2D eigenvalue weighted by Gasteiger charge is -2.14. The molecule has 0 spiro atoms. The minimum absolute atomic E-state index is 0.0175. The zero-order chi connectivity index (χ0) is 14.6. The van der Waals surface area contributed by atoms with Gasteiger partial charge in [-0.2, -0.15) is 0 Å². The Bertz CT molecular complexity index is 521. The molecule has 1 aromatic heterocycles. The second-order valence-corrected chi connectivity index (χ2v) is 8.27. The number of hydrogen-bond acceptors (Lipinski definition) is 4. The summed E-state index contributed by atoms with van der Waals surface area (Å²) in [7, 11) is -3.38. The lowest BCUT2D eigenvalue weighted by Crippen LogP contribution is -2.33. The maximum absolute atomic E-state index is 12.4. The highest BCUT2D eigenvalue weighted by atomic mass is 32.2. The summed E-state index contributed by atoms with van der Waals surface area (Å²) in [5.74, 6) is 0.723. The van der Waals surface area contributed by atoms with E-state index in [2.05, 4.69) is 17.0 Å². The van der Waals surface area contributed by atoms with Gasteiger partial charge >= 0.3 is 0 Å². The Balaban J connectivity index is 1.98. The minimum atomic E-state index is -3.38. The average molecular weight is 316 g/mol. The fourth-order valence-electron chi connectivity index (χ4n) is 2.31. The van der Waals surface area contributed by atoms with Crippen molar-refractivity contribution in [3.63, 3.8) is 0 Å². The van der Waals surface area contributed by atoms with Crippen LogP contribution in [0.3, 0.4) is 0 Å². The largest absolute Gasteiger partial charge is 0.312 e. The van der Waals surface area contributed by atoms with Crippen molar-refractivity contribution < 1.29 is 8.42 Å². The van der Waals surface area contributed by atoms with Gasteiger partial charge in [0.25, 0.3) is 0 Å². The highest BCUT2D eigenvalue weighted by Gasteiger charge is 2.27. The Morgan fingerprint density at radius 3 is 2.85 bits per heavy atom. The minimum Gasteiger partial charge on any atom is -0.312 e. The maximum atomic E-state index is 12.4. The molecule has 0 amide bonds. The Hall–Kier alpha value is -0.430. The first-order valence-electron chi connectivity index (χ1n) is 7.32. The van der Waals surface area contributed by atoms with Crippen LogP contribution in [0.1, 0.15) is 44.4 Å². The first-order chi connectivity index (χ1) is 9.53. The monoisotopic (exact) mass is 316 g/mol. The Morgan fingerprint density at radius 2 is 2.20 bits per heavy atom. The molecule has 1 aliphatic carbocycles. The zero-order valence-corrected chi connectivity index (χ0v) is 13.8. The van der Waals surface area contributed by atoms with Crippen molar-refractivity contribution in [1.82, 2.24) is 10.0 Å². The molecule has 1 aliphatic rings. The van der Waals surface area contributed by atoms with Crippen LogP contribution in [0.2, 0.25) is 0 Å². The fraction of sp³-hybridized carbons (Fsp3) is 0.714. The van der Waals surface area contributed by atoms with Crippen molar-refractivity contribution in [2.24, 2.45) is 5.92 Å². The molecule has 0 saturated heterocycles. The van der Waals surface area contributed by atoms with Crippen molar-refractivity contribution in [2.75, 3.05) is 6.54 Å². The molecule has 6 heteroatoms. The van der Waals surface area contributed by atoms with E-state index in [1.54, 1.807) is 6.07 Å². The summed E-state index contributed by atoms with van der Waals surface area (Å²) in [5.41, 5.74) is 0. The van der Waals surface area contributed by atoms with Gasteiger partial charge in [0, 0.05) is 17.5 Å². The van der Waals surface area contributed by atoms with Crippen molar-refractivity contribution >= 4 is 21.4 Å². The van der Waals surface area contributed by atoms with E-state index in [4.69, 9.17) is 0 Å². The predicted octanol–water partition coefficient (Wildman–Crippen LogP) is 2.71. The Morgan fingerprint density at radius 1 is 1.45 bits per heavy atom. The Kier molecular flexibility index (Phi) is 5.60. The lowest BCUT2D eigenvalue weighted by molar-refractivity contribution is 0.529. The second-order valence-electron chi connectivity index (χ2n) is 5.59. The smallest absolute Gasteiger partial charge is 0.241 e. The van der Waals surface area contributed by atoms with Crippen molar-refractivity contribution in [3.05, 3.63) is 16.3 Å². The molecule has 2 N–H and O–H groups in total. The number of rotatable bonds is 9. The van der Waals surface area contributed by atoms with Crippen molar-refractivity contribution in [3.8, 4) is 0 Å². The SMILES string of the molecule is CCCNCc1sccc1S(=O)(=O)NC(C)CC1CC1. The average Bonchev–Trinajstić information content (AvgIpc) is 3.04. The van der Waals surface area contributed by atoms with Crippen LogP contribution < -0.4 is 10.0 Å². The molecule has 20 heavy (non-hydrogen) atoms. The molecule has 1 atom stereocenters. The number of nitrogens with one attached hydrogen (secondary N) is 2. The van der Waals surface area contributed by atoms with Crippen LogP contribution in [0.4, 0.5) is 0 Å². The van der Waals surface area contributed by atoms with Gasteiger partial charge in [-0.15, -0.1) is 11.3 Å². The van der Waals surface area contributed by atoms with Gasteiger partial charge in [0.15, 0.2) is 0 Å². The van der Waals surface area contributed by atoms with E-state index >= 15 is 0 Å². The van der Waals surface area contributed by atoms with Crippen LogP contribution in [0.25, 0.3) is 0 Å². The third-order valence-electron chi connectivity index (χ3n) is 3.45. The molecular formula is C14H24N2O2S2. The van der Waals surface area contributed by atoms with Gasteiger partial charge in [-0.1, -0.05) is 19.8 Å². The second kappa shape index (κ2) is 7.02. The number of thiophene rings is 1. The molecule has 2 rings (SSSR count). The summed E-state index contributed by atoms with van der Waals surface area (Å²) >= 11 is 1.50. The van der Waals surface area contributed by atoms with Gasteiger partial charge in [-0.25, -0.2) is 13.1 Å². The topological polar surface area (TPSA) is 58.2 Å². The van der Waals surface area contributed by atoms with Crippen LogP contribution in [-0.4, -0.2) is 21.0 Å². The number of hydrogen-bond donors (Lipinski definition) is 2. The van der Waals surface area contributed by atoms with Gasteiger partial charge in [0.1, 0.15) is 0 Å². The van der Waals surface area contributed by atoms with Crippen LogP contribution in [-0.2, 0) is 16.6 Å². The van der Waals surface area contributed by atoms with Gasteiger partial charge in [-0.3, -0.25) is 0 Å². The molecule has 1 heterocycles. The summed E-state index contributed by atoms with van der Waals surface area (Å²) in [6.07, 6.45) is 4.49. The molecule has 1 unspecified atom stereocenters. The summed E-state index contributed by atoms with van der Waals surface area (Å²) in [6.45, 7) is 5.58. The summed E-state index contributed by atoms with van der Waals surface area (Å²) < 4.78 is 27.7. The summed E-state index contributed by atoms with van der Waals surface area (Å²) in [6, 6.07) is 1.73. The number of sulfonamides is 1.